The molecule has 0 aliphatic heterocycles. The first kappa shape index (κ1) is 21.8. The van der Waals surface area contributed by atoms with Crippen LogP contribution < -0.4 is 14.8 Å². The molecule has 0 atom stereocenters. The summed E-state index contributed by atoms with van der Waals surface area (Å²) in [7, 11) is 0. The maximum atomic E-state index is 12.5. The minimum absolute atomic E-state index is 0.244. The van der Waals surface area contributed by atoms with Crippen LogP contribution in [0.15, 0.2) is 34.7 Å². The highest BCUT2D eigenvalue weighted by Gasteiger charge is 2.15. The van der Waals surface area contributed by atoms with E-state index in [1.54, 1.807) is 16.8 Å². The SMILES string of the molecule is CCOc1ccc(CNC(=O)c2ccc(Cn3nc(C)c(Cl)c3C)o2)cc1OCC. The Morgan fingerprint density at radius 2 is 1.87 bits per heavy atom. The van der Waals surface area contributed by atoms with Gasteiger partial charge in [-0.25, -0.2) is 0 Å². The number of aryl methyl sites for hydroxylation is 1. The lowest BCUT2D eigenvalue weighted by molar-refractivity contribution is 0.0921. The van der Waals surface area contributed by atoms with E-state index in [-0.39, 0.29) is 11.7 Å². The Morgan fingerprint density at radius 1 is 1.13 bits per heavy atom. The average Bonchev–Trinajstić information content (AvgIpc) is 3.29. The molecule has 0 saturated carbocycles. The number of nitrogens with zero attached hydrogens (tertiary/aromatic N) is 2. The Hall–Kier alpha value is -2.93. The summed E-state index contributed by atoms with van der Waals surface area (Å²) in [5.41, 5.74) is 2.52. The van der Waals surface area contributed by atoms with E-state index >= 15 is 0 Å². The van der Waals surface area contributed by atoms with E-state index < -0.39 is 0 Å². The molecule has 0 bridgehead atoms. The minimum atomic E-state index is -0.292. The Morgan fingerprint density at radius 3 is 2.53 bits per heavy atom. The molecule has 1 aromatic carbocycles. The Labute approximate surface area is 180 Å². The van der Waals surface area contributed by atoms with Gasteiger partial charge in [-0.15, -0.1) is 0 Å². The van der Waals surface area contributed by atoms with Gasteiger partial charge >= 0.3 is 0 Å². The molecule has 0 radical (unpaired) electrons. The van der Waals surface area contributed by atoms with E-state index in [4.69, 9.17) is 25.5 Å². The molecule has 1 N–H and O–H groups in total. The molecule has 3 aromatic rings. The minimum Gasteiger partial charge on any atom is -0.490 e. The van der Waals surface area contributed by atoms with Crippen LogP contribution in [0.5, 0.6) is 11.5 Å². The van der Waals surface area contributed by atoms with Crippen molar-refractivity contribution < 1.29 is 18.7 Å². The number of rotatable bonds is 9. The molecule has 8 heteroatoms. The van der Waals surface area contributed by atoms with Gasteiger partial charge in [0.1, 0.15) is 5.76 Å². The lowest BCUT2D eigenvalue weighted by Crippen LogP contribution is -2.22. The highest BCUT2D eigenvalue weighted by Crippen LogP contribution is 2.28. The first-order chi connectivity index (χ1) is 14.4. The molecule has 30 heavy (non-hydrogen) atoms. The van der Waals surface area contributed by atoms with Crippen molar-refractivity contribution in [2.75, 3.05) is 13.2 Å². The van der Waals surface area contributed by atoms with E-state index in [0.717, 1.165) is 17.0 Å². The summed E-state index contributed by atoms with van der Waals surface area (Å²) in [6, 6.07) is 9.04. The molecule has 2 heterocycles. The van der Waals surface area contributed by atoms with Gasteiger partial charge in [0.05, 0.1) is 36.2 Å². The first-order valence-corrected chi connectivity index (χ1v) is 10.3. The number of benzene rings is 1. The molecular formula is C22H26ClN3O4. The third kappa shape index (κ3) is 4.97. The van der Waals surface area contributed by atoms with Crippen LogP contribution in [0, 0.1) is 13.8 Å². The molecule has 2 aromatic heterocycles. The third-order valence-corrected chi connectivity index (χ3v) is 5.09. The molecule has 0 spiro atoms. The normalized spacial score (nSPS) is 10.8. The number of hydrogen-bond acceptors (Lipinski definition) is 5. The lowest BCUT2D eigenvalue weighted by Gasteiger charge is -2.12. The molecule has 0 saturated heterocycles. The fraction of sp³-hybridized carbons (Fsp3) is 0.364. The second-order valence-electron chi connectivity index (χ2n) is 6.74. The summed E-state index contributed by atoms with van der Waals surface area (Å²) in [6.45, 7) is 9.42. The molecule has 0 aliphatic rings. The largest absolute Gasteiger partial charge is 0.490 e. The van der Waals surface area contributed by atoms with E-state index in [9.17, 15) is 4.79 Å². The number of amides is 1. The zero-order valence-electron chi connectivity index (χ0n) is 17.6. The Kier molecular flexibility index (Phi) is 7.05. The van der Waals surface area contributed by atoms with Crippen molar-refractivity contribution in [2.24, 2.45) is 0 Å². The predicted octanol–water partition coefficient (Wildman–Crippen LogP) is 4.52. The van der Waals surface area contributed by atoms with Crippen LogP contribution in [0.1, 0.15) is 47.1 Å². The third-order valence-electron chi connectivity index (χ3n) is 4.55. The second-order valence-corrected chi connectivity index (χ2v) is 7.12. The van der Waals surface area contributed by atoms with Crippen molar-refractivity contribution in [3.8, 4) is 11.5 Å². The van der Waals surface area contributed by atoms with Crippen molar-refractivity contribution in [3.05, 3.63) is 63.8 Å². The second kappa shape index (κ2) is 9.71. The standard InChI is InChI=1S/C22H26ClN3O4/c1-5-28-18-9-7-16(11-20(18)29-6-2)12-24-22(27)19-10-8-17(30-19)13-26-15(4)21(23)14(3)25-26/h7-11H,5-6,12-13H2,1-4H3,(H,24,27). The monoisotopic (exact) mass is 431 g/mol. The summed E-state index contributed by atoms with van der Waals surface area (Å²) >= 11 is 6.18. The number of carbonyl (C=O) groups excluding carboxylic acids is 1. The highest BCUT2D eigenvalue weighted by molar-refractivity contribution is 6.31. The first-order valence-electron chi connectivity index (χ1n) is 9.87. The van der Waals surface area contributed by atoms with Gasteiger partial charge in [0.15, 0.2) is 17.3 Å². The molecule has 3 rings (SSSR count). The molecule has 0 fully saturated rings. The van der Waals surface area contributed by atoms with Crippen molar-refractivity contribution >= 4 is 17.5 Å². The summed E-state index contributed by atoms with van der Waals surface area (Å²) in [6.07, 6.45) is 0. The van der Waals surface area contributed by atoms with E-state index in [1.165, 1.54) is 0 Å². The van der Waals surface area contributed by atoms with E-state index in [0.29, 0.717) is 48.6 Å². The molecule has 0 unspecified atom stereocenters. The van der Waals surface area contributed by atoms with Crippen LogP contribution in [-0.4, -0.2) is 28.9 Å². The summed E-state index contributed by atoms with van der Waals surface area (Å²) < 4.78 is 18.6. The zero-order chi connectivity index (χ0) is 21.7. The number of halogens is 1. The molecular weight excluding hydrogens is 406 g/mol. The maximum absolute atomic E-state index is 12.5. The zero-order valence-corrected chi connectivity index (χ0v) is 18.4. The Bertz CT molecular complexity index is 1030. The fourth-order valence-electron chi connectivity index (χ4n) is 3.04. The molecule has 7 nitrogen and oxygen atoms in total. The molecule has 160 valence electrons. The van der Waals surface area contributed by atoms with Gasteiger partial charge in [-0.2, -0.15) is 5.10 Å². The van der Waals surface area contributed by atoms with Gasteiger partial charge in [0.2, 0.25) is 0 Å². The topological polar surface area (TPSA) is 78.5 Å². The van der Waals surface area contributed by atoms with E-state index in [2.05, 4.69) is 10.4 Å². The van der Waals surface area contributed by atoms with E-state index in [1.807, 2.05) is 45.9 Å². The summed E-state index contributed by atoms with van der Waals surface area (Å²) in [4.78, 5) is 12.5. The van der Waals surface area contributed by atoms with Gasteiger partial charge < -0.3 is 19.2 Å². The maximum Gasteiger partial charge on any atom is 0.287 e. The van der Waals surface area contributed by atoms with Gasteiger partial charge in [0, 0.05) is 6.54 Å². The van der Waals surface area contributed by atoms with Crippen LogP contribution in [-0.2, 0) is 13.1 Å². The average molecular weight is 432 g/mol. The smallest absolute Gasteiger partial charge is 0.287 e. The number of nitrogens with one attached hydrogen (secondary N) is 1. The highest BCUT2D eigenvalue weighted by atomic mass is 35.5. The van der Waals surface area contributed by atoms with Crippen LogP contribution in [0.25, 0.3) is 0 Å². The number of ether oxygens (including phenoxy) is 2. The number of aromatic nitrogens is 2. The van der Waals surface area contributed by atoms with Crippen LogP contribution in [0.2, 0.25) is 5.02 Å². The summed E-state index contributed by atoms with van der Waals surface area (Å²) in [5, 5.41) is 7.89. The number of hydrogen-bond donors (Lipinski definition) is 1. The van der Waals surface area contributed by atoms with Gasteiger partial charge in [-0.3, -0.25) is 9.48 Å². The van der Waals surface area contributed by atoms with Crippen molar-refractivity contribution in [2.45, 2.75) is 40.8 Å². The van der Waals surface area contributed by atoms with Crippen molar-refractivity contribution in [1.82, 2.24) is 15.1 Å². The van der Waals surface area contributed by atoms with Crippen LogP contribution in [0.4, 0.5) is 0 Å². The number of carbonyl (C=O) groups is 1. The summed E-state index contributed by atoms with van der Waals surface area (Å²) in [5.74, 6) is 1.93. The predicted molar refractivity (Wildman–Crippen MR) is 114 cm³/mol. The van der Waals surface area contributed by atoms with Crippen LogP contribution >= 0.6 is 11.6 Å². The molecule has 0 aliphatic carbocycles. The fourth-order valence-corrected chi connectivity index (χ4v) is 3.17. The Balaban J connectivity index is 1.63. The van der Waals surface area contributed by atoms with Gasteiger partial charge in [-0.05, 0) is 57.5 Å². The van der Waals surface area contributed by atoms with Gasteiger partial charge in [-0.1, -0.05) is 17.7 Å². The van der Waals surface area contributed by atoms with Crippen LogP contribution in [0.3, 0.4) is 0 Å². The molecule has 1 amide bonds. The quantitative estimate of drug-likeness (QED) is 0.538. The van der Waals surface area contributed by atoms with Crippen molar-refractivity contribution in [1.29, 1.82) is 0 Å². The van der Waals surface area contributed by atoms with Crippen molar-refractivity contribution in [3.63, 3.8) is 0 Å². The number of furan rings is 1. The van der Waals surface area contributed by atoms with Gasteiger partial charge in [0.25, 0.3) is 5.91 Å². The lowest BCUT2D eigenvalue weighted by atomic mass is 10.2.